The molecule has 3 heteroatoms. The van der Waals surface area contributed by atoms with E-state index in [1.807, 2.05) is 42.5 Å². The summed E-state index contributed by atoms with van der Waals surface area (Å²) in [6.07, 6.45) is 1.73. The maximum Gasteiger partial charge on any atom is 0.122 e. The molecule has 1 aliphatic rings. The molecule has 0 radical (unpaired) electrons. The van der Waals surface area contributed by atoms with Gasteiger partial charge in [-0.05, 0) is 47.4 Å². The number of aliphatic imine (C=N–C) groups is 1. The number of methoxy groups -OCH3 is 1. The molecule has 0 aromatic heterocycles. The van der Waals surface area contributed by atoms with Crippen LogP contribution in [-0.4, -0.2) is 19.4 Å². The first-order chi connectivity index (χ1) is 13.3. The van der Waals surface area contributed by atoms with Crippen LogP contribution in [-0.2, 0) is 19.4 Å². The van der Waals surface area contributed by atoms with Crippen LogP contribution in [0.5, 0.6) is 11.5 Å². The summed E-state index contributed by atoms with van der Waals surface area (Å²) in [7, 11) is 1.71. The lowest BCUT2D eigenvalue weighted by molar-refractivity contribution is 0.306. The van der Waals surface area contributed by atoms with Gasteiger partial charge in [-0.25, -0.2) is 0 Å². The van der Waals surface area contributed by atoms with Crippen LogP contribution in [0.1, 0.15) is 22.3 Å². The van der Waals surface area contributed by atoms with Gasteiger partial charge in [-0.1, -0.05) is 48.5 Å². The highest BCUT2D eigenvalue weighted by Gasteiger charge is 2.17. The Labute approximate surface area is 160 Å². The smallest absolute Gasteiger partial charge is 0.122 e. The molecule has 0 bridgehead atoms. The summed E-state index contributed by atoms with van der Waals surface area (Å²) in [5, 5.41) is 0. The van der Waals surface area contributed by atoms with Crippen LogP contribution >= 0.6 is 0 Å². The highest BCUT2D eigenvalue weighted by atomic mass is 16.5. The van der Waals surface area contributed by atoms with Crippen molar-refractivity contribution in [3.8, 4) is 11.5 Å². The normalized spacial score (nSPS) is 12.9. The van der Waals surface area contributed by atoms with Crippen molar-refractivity contribution in [1.82, 2.24) is 0 Å². The molecule has 0 spiro atoms. The van der Waals surface area contributed by atoms with Gasteiger partial charge >= 0.3 is 0 Å². The van der Waals surface area contributed by atoms with Gasteiger partial charge in [0.25, 0.3) is 0 Å². The maximum absolute atomic E-state index is 5.99. The SMILES string of the molecule is COc1ccccc1CC1=NCCc2cc(OCc3ccccc3)ccc21. The zero-order chi connectivity index (χ0) is 18.5. The molecule has 0 amide bonds. The van der Waals surface area contributed by atoms with Crippen LogP contribution in [0.2, 0.25) is 0 Å². The minimum atomic E-state index is 0.585. The number of rotatable bonds is 6. The first kappa shape index (κ1) is 17.3. The summed E-state index contributed by atoms with van der Waals surface area (Å²) in [4.78, 5) is 4.79. The molecular formula is C24H23NO2. The summed E-state index contributed by atoms with van der Waals surface area (Å²) >= 11 is 0. The summed E-state index contributed by atoms with van der Waals surface area (Å²) in [5.74, 6) is 1.83. The summed E-state index contributed by atoms with van der Waals surface area (Å²) in [6.45, 7) is 1.40. The average molecular weight is 357 g/mol. The highest BCUT2D eigenvalue weighted by molar-refractivity contribution is 6.04. The van der Waals surface area contributed by atoms with E-state index in [0.717, 1.165) is 42.2 Å². The second kappa shape index (κ2) is 8.09. The first-order valence-corrected chi connectivity index (χ1v) is 9.29. The lowest BCUT2D eigenvalue weighted by Crippen LogP contribution is -2.16. The Morgan fingerprint density at radius 2 is 1.74 bits per heavy atom. The molecule has 0 aliphatic carbocycles. The molecule has 1 aliphatic heterocycles. The molecule has 3 aromatic carbocycles. The fourth-order valence-corrected chi connectivity index (χ4v) is 3.47. The van der Waals surface area contributed by atoms with Gasteiger partial charge in [0.1, 0.15) is 18.1 Å². The van der Waals surface area contributed by atoms with Gasteiger partial charge in [0, 0.05) is 24.2 Å². The molecule has 27 heavy (non-hydrogen) atoms. The lowest BCUT2D eigenvalue weighted by Gasteiger charge is -2.19. The zero-order valence-corrected chi connectivity index (χ0v) is 15.5. The van der Waals surface area contributed by atoms with Gasteiger partial charge in [0.15, 0.2) is 0 Å². The van der Waals surface area contributed by atoms with Gasteiger partial charge in [0.05, 0.1) is 7.11 Å². The van der Waals surface area contributed by atoms with Crippen molar-refractivity contribution in [3.63, 3.8) is 0 Å². The minimum absolute atomic E-state index is 0.585. The Kier molecular flexibility index (Phi) is 5.20. The Morgan fingerprint density at radius 3 is 2.59 bits per heavy atom. The standard InChI is InChI=1S/C24H23NO2/c1-26-24-10-6-5-9-20(24)16-23-22-12-11-21(15-19(22)13-14-25-23)27-17-18-7-3-2-4-8-18/h2-12,15H,13-14,16-17H2,1H3. The van der Waals surface area contributed by atoms with Crippen molar-refractivity contribution >= 4 is 5.71 Å². The molecule has 0 saturated heterocycles. The number of fused-ring (bicyclic) bond motifs is 1. The molecule has 0 N–H and O–H groups in total. The van der Waals surface area contributed by atoms with E-state index < -0.39 is 0 Å². The van der Waals surface area contributed by atoms with Gasteiger partial charge in [0.2, 0.25) is 0 Å². The molecule has 3 aromatic rings. The van der Waals surface area contributed by atoms with Gasteiger partial charge in [-0.2, -0.15) is 0 Å². The van der Waals surface area contributed by atoms with Crippen LogP contribution in [0.3, 0.4) is 0 Å². The van der Waals surface area contributed by atoms with Crippen molar-refractivity contribution in [2.45, 2.75) is 19.4 Å². The fraction of sp³-hybridized carbons (Fsp3) is 0.208. The predicted molar refractivity (Wildman–Crippen MR) is 109 cm³/mol. The molecule has 0 atom stereocenters. The van der Waals surface area contributed by atoms with Crippen LogP contribution < -0.4 is 9.47 Å². The number of nitrogens with zero attached hydrogens (tertiary/aromatic N) is 1. The number of hydrogen-bond acceptors (Lipinski definition) is 3. The van der Waals surface area contributed by atoms with Crippen molar-refractivity contribution in [2.24, 2.45) is 4.99 Å². The molecule has 0 unspecified atom stereocenters. The van der Waals surface area contributed by atoms with E-state index in [4.69, 9.17) is 14.5 Å². The highest BCUT2D eigenvalue weighted by Crippen LogP contribution is 2.26. The van der Waals surface area contributed by atoms with Crippen LogP contribution in [0, 0.1) is 0 Å². The van der Waals surface area contributed by atoms with E-state index in [-0.39, 0.29) is 0 Å². The van der Waals surface area contributed by atoms with E-state index in [1.54, 1.807) is 7.11 Å². The Hall–Kier alpha value is -3.07. The van der Waals surface area contributed by atoms with Crippen molar-refractivity contribution in [1.29, 1.82) is 0 Å². The maximum atomic E-state index is 5.99. The van der Waals surface area contributed by atoms with E-state index in [0.29, 0.717) is 6.61 Å². The van der Waals surface area contributed by atoms with Gasteiger partial charge in [-0.15, -0.1) is 0 Å². The predicted octanol–water partition coefficient (Wildman–Crippen LogP) is 4.86. The van der Waals surface area contributed by atoms with Crippen LogP contribution in [0.4, 0.5) is 0 Å². The van der Waals surface area contributed by atoms with E-state index in [9.17, 15) is 0 Å². The number of hydrogen-bond donors (Lipinski definition) is 0. The fourth-order valence-electron chi connectivity index (χ4n) is 3.47. The number of benzene rings is 3. The molecule has 0 fully saturated rings. The van der Waals surface area contributed by atoms with Crippen LogP contribution in [0.15, 0.2) is 77.8 Å². The van der Waals surface area contributed by atoms with Crippen LogP contribution in [0.25, 0.3) is 0 Å². The number of ether oxygens (including phenoxy) is 2. The molecule has 0 saturated carbocycles. The van der Waals surface area contributed by atoms with E-state index in [1.165, 1.54) is 16.7 Å². The second-order valence-electron chi connectivity index (χ2n) is 6.66. The second-order valence-corrected chi connectivity index (χ2v) is 6.66. The molecule has 3 nitrogen and oxygen atoms in total. The van der Waals surface area contributed by atoms with Crippen molar-refractivity contribution < 1.29 is 9.47 Å². The minimum Gasteiger partial charge on any atom is -0.496 e. The summed E-state index contributed by atoms with van der Waals surface area (Å²) in [5.41, 5.74) is 5.99. The third-order valence-electron chi connectivity index (χ3n) is 4.87. The van der Waals surface area contributed by atoms with Crippen molar-refractivity contribution in [2.75, 3.05) is 13.7 Å². The first-order valence-electron chi connectivity index (χ1n) is 9.29. The quantitative estimate of drug-likeness (QED) is 0.631. The van der Waals surface area contributed by atoms with E-state index in [2.05, 4.69) is 30.3 Å². The van der Waals surface area contributed by atoms with Gasteiger partial charge in [-0.3, -0.25) is 4.99 Å². The Balaban J connectivity index is 1.51. The van der Waals surface area contributed by atoms with Crippen molar-refractivity contribution in [3.05, 3.63) is 95.1 Å². The zero-order valence-electron chi connectivity index (χ0n) is 15.5. The molecular weight excluding hydrogens is 334 g/mol. The topological polar surface area (TPSA) is 30.8 Å². The largest absolute Gasteiger partial charge is 0.496 e. The monoisotopic (exact) mass is 357 g/mol. The molecule has 1 heterocycles. The molecule has 4 rings (SSSR count). The average Bonchev–Trinajstić information content (AvgIpc) is 2.73. The Bertz CT molecular complexity index is 948. The summed E-state index contributed by atoms with van der Waals surface area (Å²) in [6, 6.07) is 24.7. The van der Waals surface area contributed by atoms with Gasteiger partial charge < -0.3 is 9.47 Å². The lowest BCUT2D eigenvalue weighted by atomic mass is 9.93. The summed E-state index contributed by atoms with van der Waals surface area (Å²) < 4.78 is 11.5. The van der Waals surface area contributed by atoms with E-state index >= 15 is 0 Å². The third-order valence-corrected chi connectivity index (χ3v) is 4.87. The number of para-hydroxylation sites is 1. The Morgan fingerprint density at radius 1 is 0.926 bits per heavy atom. The molecule has 136 valence electrons. The third kappa shape index (κ3) is 4.03.